The van der Waals surface area contributed by atoms with E-state index >= 15 is 0 Å². The van der Waals surface area contributed by atoms with Crippen LogP contribution >= 0.6 is 0 Å². The first-order valence-corrected chi connectivity index (χ1v) is 5.69. The van der Waals surface area contributed by atoms with Gasteiger partial charge in [-0.1, -0.05) is 0 Å². The second kappa shape index (κ2) is 2.09. The second-order valence-electron chi connectivity index (χ2n) is 3.83. The highest BCUT2D eigenvalue weighted by molar-refractivity contribution is 7.89. The van der Waals surface area contributed by atoms with E-state index in [9.17, 15) is 13.2 Å². The third-order valence-electron chi connectivity index (χ3n) is 3.17. The molecular formula is C7H11NO3S. The molecule has 0 aliphatic heterocycles. The fraction of sp³-hybridized carbons (Fsp3) is 0.857. The summed E-state index contributed by atoms with van der Waals surface area (Å²) in [7, 11) is -3.48. The van der Waals surface area contributed by atoms with Crippen molar-refractivity contribution in [3.63, 3.8) is 0 Å². The van der Waals surface area contributed by atoms with Crippen molar-refractivity contribution >= 4 is 15.8 Å². The minimum absolute atomic E-state index is 0.0905. The molecule has 2 aliphatic carbocycles. The van der Waals surface area contributed by atoms with E-state index in [0.29, 0.717) is 18.8 Å². The second-order valence-corrected chi connectivity index (χ2v) is 5.44. The number of rotatable bonds is 2. The van der Waals surface area contributed by atoms with Gasteiger partial charge in [0.2, 0.25) is 10.0 Å². The number of hydrogen-bond acceptors (Lipinski definition) is 3. The molecule has 0 spiro atoms. The van der Waals surface area contributed by atoms with E-state index in [1.54, 1.807) is 0 Å². The van der Waals surface area contributed by atoms with Crippen LogP contribution in [0.25, 0.3) is 0 Å². The van der Waals surface area contributed by atoms with E-state index in [1.165, 1.54) is 0 Å². The van der Waals surface area contributed by atoms with Crippen LogP contribution in [0.2, 0.25) is 0 Å². The molecule has 2 aliphatic rings. The molecule has 0 heterocycles. The van der Waals surface area contributed by atoms with Gasteiger partial charge in [0.25, 0.3) is 0 Å². The van der Waals surface area contributed by atoms with Crippen molar-refractivity contribution in [3.8, 4) is 0 Å². The predicted molar refractivity (Wildman–Crippen MR) is 42.8 cm³/mol. The van der Waals surface area contributed by atoms with Crippen LogP contribution < -0.4 is 5.14 Å². The molecule has 2 N–H and O–H groups in total. The lowest BCUT2D eigenvalue weighted by molar-refractivity contribution is -0.156. The minimum Gasteiger partial charge on any atom is -0.299 e. The summed E-state index contributed by atoms with van der Waals surface area (Å²) in [4.78, 5) is 11.2. The van der Waals surface area contributed by atoms with Gasteiger partial charge >= 0.3 is 0 Å². The molecule has 0 amide bonds. The average molecular weight is 189 g/mol. The lowest BCUT2D eigenvalue weighted by atomic mass is 9.48. The summed E-state index contributed by atoms with van der Waals surface area (Å²) < 4.78 is 21.6. The van der Waals surface area contributed by atoms with E-state index in [0.717, 1.165) is 6.42 Å². The third kappa shape index (κ3) is 0.927. The zero-order valence-corrected chi connectivity index (χ0v) is 7.43. The van der Waals surface area contributed by atoms with Gasteiger partial charge in [-0.25, -0.2) is 13.6 Å². The highest BCUT2D eigenvalue weighted by atomic mass is 32.2. The first-order chi connectivity index (χ1) is 5.44. The summed E-state index contributed by atoms with van der Waals surface area (Å²) in [5, 5.41) is 4.91. The van der Waals surface area contributed by atoms with E-state index in [2.05, 4.69) is 0 Å². The molecular weight excluding hydrogens is 178 g/mol. The molecule has 0 bridgehead atoms. The molecule has 12 heavy (non-hydrogen) atoms. The maximum absolute atomic E-state index is 11.2. The number of hydrogen-bond donors (Lipinski definition) is 1. The molecule has 0 aromatic rings. The molecule has 0 aromatic heterocycles. The summed E-state index contributed by atoms with van der Waals surface area (Å²) in [5.41, 5.74) is -0.548. The molecule has 68 valence electrons. The van der Waals surface area contributed by atoms with Crippen molar-refractivity contribution in [2.45, 2.75) is 19.3 Å². The molecule has 2 fully saturated rings. The van der Waals surface area contributed by atoms with Crippen LogP contribution in [0.3, 0.4) is 0 Å². The maximum atomic E-state index is 11.2. The van der Waals surface area contributed by atoms with Gasteiger partial charge in [0.1, 0.15) is 5.78 Å². The van der Waals surface area contributed by atoms with Gasteiger partial charge in [-0.15, -0.1) is 0 Å². The summed E-state index contributed by atoms with van der Waals surface area (Å²) >= 11 is 0. The molecule has 2 atom stereocenters. The normalized spacial score (nSPS) is 39.8. The van der Waals surface area contributed by atoms with Crippen LogP contribution in [0.15, 0.2) is 0 Å². The highest BCUT2D eigenvalue weighted by Gasteiger charge is 2.61. The molecule has 4 nitrogen and oxygen atoms in total. The zero-order chi connectivity index (χ0) is 8.98. The van der Waals surface area contributed by atoms with Gasteiger partial charge < -0.3 is 0 Å². The Hall–Kier alpha value is -0.420. The summed E-state index contributed by atoms with van der Waals surface area (Å²) in [5.74, 6) is 0.264. The van der Waals surface area contributed by atoms with Crippen LogP contribution in [0.5, 0.6) is 0 Å². The van der Waals surface area contributed by atoms with Crippen molar-refractivity contribution in [3.05, 3.63) is 0 Å². The Labute approximate surface area is 71.2 Å². The smallest absolute Gasteiger partial charge is 0.210 e. The third-order valence-corrected chi connectivity index (χ3v) is 4.08. The fourth-order valence-corrected chi connectivity index (χ4v) is 3.55. The van der Waals surface area contributed by atoms with Crippen molar-refractivity contribution in [1.82, 2.24) is 0 Å². The first-order valence-electron chi connectivity index (χ1n) is 3.98. The van der Waals surface area contributed by atoms with E-state index < -0.39 is 15.4 Å². The molecule has 0 saturated heterocycles. The molecule has 2 saturated carbocycles. The summed E-state index contributed by atoms with van der Waals surface area (Å²) in [6.45, 7) is 0. The van der Waals surface area contributed by atoms with E-state index in [-0.39, 0.29) is 11.5 Å². The largest absolute Gasteiger partial charge is 0.299 e. The van der Waals surface area contributed by atoms with Crippen molar-refractivity contribution in [2.24, 2.45) is 16.5 Å². The van der Waals surface area contributed by atoms with Crippen LogP contribution in [0.4, 0.5) is 0 Å². The van der Waals surface area contributed by atoms with Crippen LogP contribution in [-0.4, -0.2) is 20.0 Å². The zero-order valence-electron chi connectivity index (χ0n) is 6.62. The standard InChI is InChI=1S/C7H11NO3S/c8-12(10,11)4-7-2-1-5(7)3-6(7)9/h5H,1-4H2,(H2,8,10,11). The quantitative estimate of drug-likeness (QED) is 0.644. The molecule has 2 rings (SSSR count). The maximum Gasteiger partial charge on any atom is 0.210 e. The number of fused-ring (bicyclic) bond motifs is 1. The summed E-state index contributed by atoms with van der Waals surface area (Å²) in [6, 6.07) is 0. The Morgan fingerprint density at radius 1 is 1.58 bits per heavy atom. The SMILES string of the molecule is NS(=O)(=O)CC12CCC1CC2=O. The number of Topliss-reactive ketones (excluding diaryl/α,β-unsaturated/α-hetero) is 1. The monoisotopic (exact) mass is 189 g/mol. The van der Waals surface area contributed by atoms with Gasteiger partial charge in [-0.3, -0.25) is 4.79 Å². The number of carbonyl (C=O) groups is 1. The lowest BCUT2D eigenvalue weighted by Gasteiger charge is -2.56. The molecule has 0 radical (unpaired) electrons. The number of nitrogens with two attached hydrogens (primary N) is 1. The van der Waals surface area contributed by atoms with Gasteiger partial charge in [0.15, 0.2) is 0 Å². The van der Waals surface area contributed by atoms with Crippen molar-refractivity contribution < 1.29 is 13.2 Å². The Morgan fingerprint density at radius 3 is 2.42 bits per heavy atom. The number of ketones is 1. The molecule has 2 unspecified atom stereocenters. The first kappa shape index (κ1) is 8.19. The Balaban J connectivity index is 2.18. The highest BCUT2D eigenvalue weighted by Crippen LogP contribution is 2.58. The van der Waals surface area contributed by atoms with Crippen LogP contribution in [-0.2, 0) is 14.8 Å². The van der Waals surface area contributed by atoms with Crippen molar-refractivity contribution in [2.75, 3.05) is 5.75 Å². The van der Waals surface area contributed by atoms with E-state index in [1.807, 2.05) is 0 Å². The Kier molecular flexibility index (Phi) is 1.42. The van der Waals surface area contributed by atoms with Crippen molar-refractivity contribution in [1.29, 1.82) is 0 Å². The van der Waals surface area contributed by atoms with Crippen LogP contribution in [0.1, 0.15) is 19.3 Å². The number of sulfonamides is 1. The van der Waals surface area contributed by atoms with Gasteiger partial charge in [-0.2, -0.15) is 0 Å². The Morgan fingerprint density at radius 2 is 2.25 bits per heavy atom. The Bertz CT molecular complexity index is 335. The molecule has 5 heteroatoms. The average Bonchev–Trinajstić information content (AvgIpc) is 1.92. The van der Waals surface area contributed by atoms with Crippen LogP contribution in [0, 0.1) is 11.3 Å². The van der Waals surface area contributed by atoms with Gasteiger partial charge in [0.05, 0.1) is 5.75 Å². The number of carbonyl (C=O) groups excluding carboxylic acids is 1. The number of primary sulfonamides is 1. The lowest BCUT2D eigenvalue weighted by Crippen LogP contribution is -2.61. The molecule has 0 aromatic carbocycles. The van der Waals surface area contributed by atoms with E-state index in [4.69, 9.17) is 5.14 Å². The topological polar surface area (TPSA) is 77.2 Å². The fourth-order valence-electron chi connectivity index (χ4n) is 2.29. The van der Waals surface area contributed by atoms with Gasteiger partial charge in [0, 0.05) is 11.8 Å². The summed E-state index contributed by atoms with van der Waals surface area (Å²) in [6.07, 6.45) is 2.27. The predicted octanol–water partition coefficient (Wildman–Crippen LogP) is -0.356. The van der Waals surface area contributed by atoms with Gasteiger partial charge in [-0.05, 0) is 18.8 Å². The minimum atomic E-state index is -3.48.